The first-order valence-electron chi connectivity index (χ1n) is 4.44. The van der Waals surface area contributed by atoms with Gasteiger partial charge in [0.15, 0.2) is 0 Å². The van der Waals surface area contributed by atoms with E-state index in [-0.39, 0.29) is 17.1 Å². The van der Waals surface area contributed by atoms with Crippen molar-refractivity contribution >= 4 is 29.2 Å². The van der Waals surface area contributed by atoms with E-state index in [4.69, 9.17) is 22.4 Å². The van der Waals surface area contributed by atoms with Crippen molar-refractivity contribution in [3.63, 3.8) is 0 Å². The predicted octanol–water partition coefficient (Wildman–Crippen LogP) is 0.960. The topological polar surface area (TPSA) is 83.6 Å². The zero-order valence-corrected chi connectivity index (χ0v) is 9.36. The van der Waals surface area contributed by atoms with E-state index < -0.39 is 11.9 Å². The Balaban J connectivity index is 3.17. The van der Waals surface area contributed by atoms with Crippen molar-refractivity contribution in [3.8, 4) is 0 Å². The molecule has 0 atom stereocenters. The molecule has 0 bridgehead atoms. The van der Waals surface area contributed by atoms with Gasteiger partial charge in [-0.15, -0.1) is 0 Å². The highest BCUT2D eigenvalue weighted by atomic mass is 35.5. The molecule has 0 aliphatic rings. The van der Waals surface area contributed by atoms with E-state index in [0.29, 0.717) is 5.69 Å². The molecule has 0 aromatic heterocycles. The highest BCUT2D eigenvalue weighted by Gasteiger charge is 2.17. The number of hydrogen-bond acceptors (Lipinski definition) is 3. The summed E-state index contributed by atoms with van der Waals surface area (Å²) < 4.78 is 0. The molecule has 1 aromatic rings. The number of amides is 1. The number of nitrogens with zero attached hydrogens (tertiary/aromatic N) is 1. The van der Waals surface area contributed by atoms with Gasteiger partial charge in [-0.25, -0.2) is 4.79 Å². The van der Waals surface area contributed by atoms with E-state index in [1.165, 1.54) is 11.0 Å². The van der Waals surface area contributed by atoms with E-state index >= 15 is 0 Å². The minimum Gasteiger partial charge on any atom is -0.478 e. The van der Waals surface area contributed by atoms with Crippen molar-refractivity contribution in [2.24, 2.45) is 5.73 Å². The zero-order valence-electron chi connectivity index (χ0n) is 8.61. The van der Waals surface area contributed by atoms with Crippen LogP contribution < -0.4 is 10.6 Å². The third kappa shape index (κ3) is 2.64. The third-order valence-electron chi connectivity index (χ3n) is 2.01. The van der Waals surface area contributed by atoms with Gasteiger partial charge in [-0.3, -0.25) is 4.79 Å². The molecule has 0 spiro atoms. The number of hydrogen-bond donors (Lipinski definition) is 2. The van der Waals surface area contributed by atoms with Crippen LogP contribution in [0.4, 0.5) is 5.69 Å². The SMILES string of the molecule is CN(CC(N)=O)c1cccc(Cl)c1C(=O)O. The Hall–Kier alpha value is -1.75. The van der Waals surface area contributed by atoms with E-state index in [1.807, 2.05) is 0 Å². The molecule has 0 aliphatic carbocycles. The quantitative estimate of drug-likeness (QED) is 0.824. The molecule has 1 rings (SSSR count). The van der Waals surface area contributed by atoms with Gasteiger partial charge < -0.3 is 15.7 Å². The first-order valence-corrected chi connectivity index (χ1v) is 4.82. The van der Waals surface area contributed by atoms with Crippen LogP contribution in [0.25, 0.3) is 0 Å². The van der Waals surface area contributed by atoms with E-state index in [0.717, 1.165) is 0 Å². The van der Waals surface area contributed by atoms with Gasteiger partial charge in [0, 0.05) is 7.05 Å². The average Bonchev–Trinajstić information content (AvgIpc) is 2.15. The normalized spacial score (nSPS) is 9.88. The highest BCUT2D eigenvalue weighted by Crippen LogP contribution is 2.26. The molecule has 0 unspecified atom stereocenters. The lowest BCUT2D eigenvalue weighted by molar-refractivity contribution is -0.116. The van der Waals surface area contributed by atoms with Crippen LogP contribution in [0, 0.1) is 0 Å². The number of primary amides is 1. The average molecular weight is 243 g/mol. The Morgan fingerprint density at radius 3 is 2.62 bits per heavy atom. The molecule has 1 aromatic carbocycles. The maximum absolute atomic E-state index is 11.0. The molecule has 3 N–H and O–H groups in total. The minimum atomic E-state index is -1.14. The van der Waals surface area contributed by atoms with Gasteiger partial charge in [-0.1, -0.05) is 17.7 Å². The number of aromatic carboxylic acids is 1. The van der Waals surface area contributed by atoms with Crippen LogP contribution in [-0.2, 0) is 4.79 Å². The Morgan fingerprint density at radius 1 is 1.50 bits per heavy atom. The van der Waals surface area contributed by atoms with Gasteiger partial charge in [-0.05, 0) is 12.1 Å². The second-order valence-electron chi connectivity index (χ2n) is 3.26. The Kier molecular flexibility index (Phi) is 3.73. The van der Waals surface area contributed by atoms with Gasteiger partial charge >= 0.3 is 5.97 Å². The first kappa shape index (κ1) is 12.3. The second kappa shape index (κ2) is 4.85. The molecule has 0 radical (unpaired) electrons. The van der Waals surface area contributed by atoms with Gasteiger partial charge in [0.1, 0.15) is 5.56 Å². The summed E-state index contributed by atoms with van der Waals surface area (Å²) in [4.78, 5) is 23.2. The fourth-order valence-electron chi connectivity index (χ4n) is 1.36. The summed E-state index contributed by atoms with van der Waals surface area (Å²) in [7, 11) is 1.57. The Labute approximate surface area is 97.4 Å². The number of anilines is 1. The monoisotopic (exact) mass is 242 g/mol. The van der Waals surface area contributed by atoms with Crippen molar-refractivity contribution in [2.75, 3.05) is 18.5 Å². The molecule has 5 nitrogen and oxygen atoms in total. The molecular weight excluding hydrogens is 232 g/mol. The number of carbonyl (C=O) groups excluding carboxylic acids is 1. The molecule has 6 heteroatoms. The van der Waals surface area contributed by atoms with Gasteiger partial charge in [0.2, 0.25) is 5.91 Å². The van der Waals surface area contributed by atoms with Crippen LogP contribution in [0.3, 0.4) is 0 Å². The number of rotatable bonds is 4. The van der Waals surface area contributed by atoms with E-state index in [1.54, 1.807) is 19.2 Å². The summed E-state index contributed by atoms with van der Waals surface area (Å²) in [6.45, 7) is -0.0688. The number of likely N-dealkylation sites (N-methyl/N-ethyl adjacent to an activating group) is 1. The van der Waals surface area contributed by atoms with Crippen molar-refractivity contribution in [3.05, 3.63) is 28.8 Å². The van der Waals surface area contributed by atoms with E-state index in [2.05, 4.69) is 0 Å². The van der Waals surface area contributed by atoms with Crippen molar-refractivity contribution < 1.29 is 14.7 Å². The molecular formula is C10H11ClN2O3. The van der Waals surface area contributed by atoms with Crippen LogP contribution in [0.1, 0.15) is 10.4 Å². The summed E-state index contributed by atoms with van der Waals surface area (Å²) in [5.74, 6) is -1.68. The maximum atomic E-state index is 11.0. The fourth-order valence-corrected chi connectivity index (χ4v) is 1.61. The van der Waals surface area contributed by atoms with Crippen LogP contribution in [-0.4, -0.2) is 30.6 Å². The molecule has 86 valence electrons. The Morgan fingerprint density at radius 2 is 2.12 bits per heavy atom. The lowest BCUT2D eigenvalue weighted by atomic mass is 10.1. The molecule has 0 fully saturated rings. The van der Waals surface area contributed by atoms with Crippen LogP contribution in [0.2, 0.25) is 5.02 Å². The highest BCUT2D eigenvalue weighted by molar-refractivity contribution is 6.34. The predicted molar refractivity (Wildman–Crippen MR) is 60.9 cm³/mol. The summed E-state index contributed by atoms with van der Waals surface area (Å²) >= 11 is 5.78. The molecule has 1 amide bonds. The van der Waals surface area contributed by atoms with Gasteiger partial charge in [0.05, 0.1) is 17.3 Å². The summed E-state index contributed by atoms with van der Waals surface area (Å²) in [6.07, 6.45) is 0. The lowest BCUT2D eigenvalue weighted by Gasteiger charge is -2.19. The number of halogens is 1. The molecule has 0 heterocycles. The van der Waals surface area contributed by atoms with Crippen LogP contribution >= 0.6 is 11.6 Å². The molecule has 16 heavy (non-hydrogen) atoms. The summed E-state index contributed by atoms with van der Waals surface area (Å²) in [6, 6.07) is 4.66. The number of carbonyl (C=O) groups is 2. The summed E-state index contributed by atoms with van der Waals surface area (Å²) in [5.41, 5.74) is 5.36. The molecule has 0 saturated carbocycles. The number of benzene rings is 1. The molecule has 0 saturated heterocycles. The van der Waals surface area contributed by atoms with Crippen molar-refractivity contribution in [1.29, 1.82) is 0 Å². The molecule has 0 aliphatic heterocycles. The third-order valence-corrected chi connectivity index (χ3v) is 2.32. The van der Waals surface area contributed by atoms with Crippen molar-refractivity contribution in [2.45, 2.75) is 0 Å². The first-order chi connectivity index (χ1) is 7.43. The standard InChI is InChI=1S/C10H11ClN2O3/c1-13(5-8(12)14)7-4-2-3-6(11)9(7)10(15)16/h2-4H,5H2,1H3,(H2,12,14)(H,15,16). The van der Waals surface area contributed by atoms with Crippen LogP contribution in [0.5, 0.6) is 0 Å². The largest absolute Gasteiger partial charge is 0.478 e. The number of carboxylic acids is 1. The lowest BCUT2D eigenvalue weighted by Crippen LogP contribution is -2.31. The van der Waals surface area contributed by atoms with Gasteiger partial charge in [0.25, 0.3) is 0 Å². The zero-order chi connectivity index (χ0) is 12.3. The second-order valence-corrected chi connectivity index (χ2v) is 3.67. The number of nitrogens with two attached hydrogens (primary N) is 1. The van der Waals surface area contributed by atoms with Crippen molar-refractivity contribution in [1.82, 2.24) is 0 Å². The van der Waals surface area contributed by atoms with Crippen LogP contribution in [0.15, 0.2) is 18.2 Å². The Bertz CT molecular complexity index is 434. The minimum absolute atomic E-state index is 0.0343. The smallest absolute Gasteiger partial charge is 0.339 e. The van der Waals surface area contributed by atoms with E-state index in [9.17, 15) is 9.59 Å². The maximum Gasteiger partial charge on any atom is 0.339 e. The fraction of sp³-hybridized carbons (Fsp3) is 0.200. The number of carboxylic acid groups (broad SMARTS) is 1. The van der Waals surface area contributed by atoms with Gasteiger partial charge in [-0.2, -0.15) is 0 Å². The summed E-state index contributed by atoms with van der Waals surface area (Å²) in [5, 5.41) is 9.13.